The van der Waals surface area contributed by atoms with Gasteiger partial charge in [-0.15, -0.1) is 0 Å². The Labute approximate surface area is 114 Å². The molecular formula is C15H22O4. The van der Waals surface area contributed by atoms with Gasteiger partial charge in [0.1, 0.15) is 12.2 Å². The maximum atomic E-state index is 5.88. The largest absolute Gasteiger partial charge is 0.374 e. The van der Waals surface area contributed by atoms with E-state index in [4.69, 9.17) is 18.9 Å². The van der Waals surface area contributed by atoms with Crippen molar-refractivity contribution in [2.45, 2.75) is 38.4 Å². The fourth-order valence-electron chi connectivity index (χ4n) is 1.77. The molecule has 1 aromatic carbocycles. The molecule has 4 heteroatoms. The first-order valence-corrected chi connectivity index (χ1v) is 6.57. The third-order valence-electron chi connectivity index (χ3n) is 3.09. The molecular weight excluding hydrogens is 244 g/mol. The fourth-order valence-corrected chi connectivity index (χ4v) is 1.77. The maximum Gasteiger partial charge on any atom is 0.162 e. The van der Waals surface area contributed by atoms with Crippen LogP contribution in [0.1, 0.15) is 19.4 Å². The average molecular weight is 266 g/mol. The van der Waals surface area contributed by atoms with Crippen molar-refractivity contribution in [2.75, 3.05) is 20.3 Å². The van der Waals surface area contributed by atoms with E-state index in [-0.39, 0.29) is 12.2 Å². The summed E-state index contributed by atoms with van der Waals surface area (Å²) in [5, 5.41) is 0. The van der Waals surface area contributed by atoms with Crippen LogP contribution < -0.4 is 0 Å². The van der Waals surface area contributed by atoms with Gasteiger partial charge in [0.2, 0.25) is 0 Å². The van der Waals surface area contributed by atoms with Crippen molar-refractivity contribution in [2.24, 2.45) is 0 Å². The van der Waals surface area contributed by atoms with Gasteiger partial charge in [0.25, 0.3) is 0 Å². The Balaban J connectivity index is 1.78. The van der Waals surface area contributed by atoms with Crippen LogP contribution in [0, 0.1) is 0 Å². The Hall–Kier alpha value is -0.940. The minimum atomic E-state index is -0.618. The van der Waals surface area contributed by atoms with Crippen LogP contribution in [0.25, 0.3) is 0 Å². The molecule has 19 heavy (non-hydrogen) atoms. The van der Waals surface area contributed by atoms with E-state index in [2.05, 4.69) is 0 Å². The molecule has 2 rings (SSSR count). The van der Waals surface area contributed by atoms with E-state index in [1.807, 2.05) is 44.2 Å². The third-order valence-corrected chi connectivity index (χ3v) is 3.09. The molecule has 1 aliphatic heterocycles. The second-order valence-corrected chi connectivity index (χ2v) is 5.13. The van der Waals surface area contributed by atoms with Crippen molar-refractivity contribution < 1.29 is 18.9 Å². The van der Waals surface area contributed by atoms with Gasteiger partial charge in [-0.05, 0) is 19.4 Å². The highest BCUT2D eigenvalue weighted by Gasteiger charge is 2.37. The molecule has 0 amide bonds. The number of hydrogen-bond donors (Lipinski definition) is 0. The summed E-state index contributed by atoms with van der Waals surface area (Å²) in [6, 6.07) is 10.1. The van der Waals surface area contributed by atoms with Crippen molar-refractivity contribution in [1.82, 2.24) is 0 Å². The number of epoxide rings is 1. The molecule has 1 aromatic rings. The standard InChI is InChI=1S/C15H22O4/c1-15(2,16-3)19-14(13-11-18-13)10-17-9-12-7-5-4-6-8-12/h4-8,13-14H,9-11H2,1-3H3. The molecule has 106 valence electrons. The molecule has 0 spiro atoms. The Bertz CT molecular complexity index is 373. The second-order valence-electron chi connectivity index (χ2n) is 5.13. The molecule has 0 aromatic heterocycles. The summed E-state index contributed by atoms with van der Waals surface area (Å²) in [4.78, 5) is 0. The maximum absolute atomic E-state index is 5.88. The third kappa shape index (κ3) is 4.91. The van der Waals surface area contributed by atoms with E-state index in [0.29, 0.717) is 13.2 Å². The van der Waals surface area contributed by atoms with E-state index in [1.54, 1.807) is 7.11 Å². The SMILES string of the molecule is COC(C)(C)OC(COCc1ccccc1)C1CO1. The van der Waals surface area contributed by atoms with E-state index in [1.165, 1.54) is 0 Å². The van der Waals surface area contributed by atoms with Crippen molar-refractivity contribution >= 4 is 0 Å². The summed E-state index contributed by atoms with van der Waals surface area (Å²) in [7, 11) is 1.63. The zero-order valence-electron chi connectivity index (χ0n) is 11.8. The lowest BCUT2D eigenvalue weighted by Crippen LogP contribution is -2.37. The predicted molar refractivity (Wildman–Crippen MR) is 71.8 cm³/mol. The highest BCUT2D eigenvalue weighted by molar-refractivity contribution is 5.13. The number of ether oxygens (including phenoxy) is 4. The summed E-state index contributed by atoms with van der Waals surface area (Å²) in [6.07, 6.45) is 0.0452. The van der Waals surface area contributed by atoms with Gasteiger partial charge in [0.15, 0.2) is 5.79 Å². The van der Waals surface area contributed by atoms with Crippen LogP contribution in [0.3, 0.4) is 0 Å². The van der Waals surface area contributed by atoms with Gasteiger partial charge in [-0.3, -0.25) is 0 Å². The molecule has 2 atom stereocenters. The predicted octanol–water partition coefficient (Wildman–Crippen LogP) is 2.37. The minimum Gasteiger partial charge on any atom is -0.374 e. The van der Waals surface area contributed by atoms with Crippen LogP contribution >= 0.6 is 0 Å². The van der Waals surface area contributed by atoms with Crippen molar-refractivity contribution in [3.05, 3.63) is 35.9 Å². The molecule has 1 aliphatic rings. The van der Waals surface area contributed by atoms with Gasteiger partial charge in [-0.25, -0.2) is 0 Å². The molecule has 0 aliphatic carbocycles. The summed E-state index contributed by atoms with van der Waals surface area (Å²) in [6.45, 7) is 5.60. The minimum absolute atomic E-state index is 0.0846. The van der Waals surface area contributed by atoms with Crippen LogP contribution in [0.4, 0.5) is 0 Å². The first kappa shape index (κ1) is 14.5. The van der Waals surface area contributed by atoms with Crippen LogP contribution in [-0.4, -0.2) is 38.3 Å². The number of methoxy groups -OCH3 is 1. The lowest BCUT2D eigenvalue weighted by Gasteiger charge is -2.28. The lowest BCUT2D eigenvalue weighted by molar-refractivity contribution is -0.235. The molecule has 0 bridgehead atoms. The highest BCUT2D eigenvalue weighted by Crippen LogP contribution is 2.23. The number of benzene rings is 1. The first-order valence-electron chi connectivity index (χ1n) is 6.57. The molecule has 1 fully saturated rings. The van der Waals surface area contributed by atoms with Gasteiger partial charge in [0, 0.05) is 7.11 Å². The molecule has 2 unspecified atom stereocenters. The van der Waals surface area contributed by atoms with Gasteiger partial charge in [-0.2, -0.15) is 0 Å². The van der Waals surface area contributed by atoms with Gasteiger partial charge in [-0.1, -0.05) is 30.3 Å². The highest BCUT2D eigenvalue weighted by atomic mass is 16.7. The van der Waals surface area contributed by atoms with Crippen molar-refractivity contribution in [3.63, 3.8) is 0 Å². The van der Waals surface area contributed by atoms with Gasteiger partial charge in [0.05, 0.1) is 19.8 Å². The Morgan fingerprint density at radius 3 is 2.58 bits per heavy atom. The normalized spacial score (nSPS) is 20.3. The topological polar surface area (TPSA) is 40.2 Å². The molecule has 0 saturated carbocycles. The summed E-state index contributed by atoms with van der Waals surface area (Å²) in [5.41, 5.74) is 1.16. The van der Waals surface area contributed by atoms with E-state index in [0.717, 1.165) is 12.2 Å². The van der Waals surface area contributed by atoms with E-state index < -0.39 is 5.79 Å². The zero-order valence-corrected chi connectivity index (χ0v) is 11.8. The Morgan fingerprint density at radius 2 is 2.00 bits per heavy atom. The Kier molecular flexibility index (Phi) is 4.93. The lowest BCUT2D eigenvalue weighted by atomic mass is 10.2. The molecule has 1 heterocycles. The summed E-state index contributed by atoms with van der Waals surface area (Å²) < 4.78 is 22.2. The summed E-state index contributed by atoms with van der Waals surface area (Å²) in [5.74, 6) is -0.618. The van der Waals surface area contributed by atoms with Crippen molar-refractivity contribution in [1.29, 1.82) is 0 Å². The Morgan fingerprint density at radius 1 is 1.32 bits per heavy atom. The average Bonchev–Trinajstić information content (AvgIpc) is 3.23. The fraction of sp³-hybridized carbons (Fsp3) is 0.600. The van der Waals surface area contributed by atoms with Crippen molar-refractivity contribution in [3.8, 4) is 0 Å². The first-order chi connectivity index (χ1) is 9.11. The van der Waals surface area contributed by atoms with Crippen LogP contribution in [0.5, 0.6) is 0 Å². The number of rotatable bonds is 8. The van der Waals surface area contributed by atoms with E-state index >= 15 is 0 Å². The van der Waals surface area contributed by atoms with Crippen LogP contribution in [0.15, 0.2) is 30.3 Å². The monoisotopic (exact) mass is 266 g/mol. The van der Waals surface area contributed by atoms with Crippen LogP contribution in [-0.2, 0) is 25.6 Å². The van der Waals surface area contributed by atoms with Gasteiger partial charge < -0.3 is 18.9 Å². The smallest absolute Gasteiger partial charge is 0.162 e. The molecule has 4 nitrogen and oxygen atoms in total. The second kappa shape index (κ2) is 6.48. The van der Waals surface area contributed by atoms with Gasteiger partial charge >= 0.3 is 0 Å². The number of hydrogen-bond acceptors (Lipinski definition) is 4. The van der Waals surface area contributed by atoms with E-state index in [9.17, 15) is 0 Å². The summed E-state index contributed by atoms with van der Waals surface area (Å²) >= 11 is 0. The molecule has 0 radical (unpaired) electrons. The molecule has 1 saturated heterocycles. The zero-order chi connectivity index (χ0) is 13.7. The van der Waals surface area contributed by atoms with Crippen LogP contribution in [0.2, 0.25) is 0 Å². The quantitative estimate of drug-likeness (QED) is 0.535. The molecule has 0 N–H and O–H groups in total.